The minimum Gasteiger partial charge on any atom is -0.492 e. The van der Waals surface area contributed by atoms with Crippen molar-refractivity contribution in [3.05, 3.63) is 60.7 Å². The zero-order valence-electron chi connectivity index (χ0n) is 14.7. The maximum atomic E-state index is 12.3. The van der Waals surface area contributed by atoms with Crippen molar-refractivity contribution in [2.45, 2.75) is 13.8 Å². The van der Waals surface area contributed by atoms with E-state index in [0.717, 1.165) is 17.0 Å². The second-order valence-corrected chi connectivity index (χ2v) is 5.57. The Bertz CT molecular complexity index is 728. The van der Waals surface area contributed by atoms with E-state index in [1.807, 2.05) is 56.3 Å². The van der Waals surface area contributed by atoms with E-state index in [9.17, 15) is 4.79 Å². The van der Waals surface area contributed by atoms with E-state index in [0.29, 0.717) is 24.7 Å². The molecule has 5 nitrogen and oxygen atoms in total. The molecule has 132 valence electrons. The van der Waals surface area contributed by atoms with Gasteiger partial charge in [-0.1, -0.05) is 30.8 Å². The van der Waals surface area contributed by atoms with E-state index in [1.54, 1.807) is 6.07 Å². The van der Waals surface area contributed by atoms with Crippen LogP contribution in [0.3, 0.4) is 0 Å². The summed E-state index contributed by atoms with van der Waals surface area (Å²) < 4.78 is 11.2. The molecule has 1 amide bonds. The molecule has 2 N–H and O–H groups in total. The molecule has 2 aromatic carbocycles. The summed E-state index contributed by atoms with van der Waals surface area (Å²) in [5.41, 5.74) is 2.33. The third kappa shape index (κ3) is 5.88. The molecule has 0 heterocycles. The highest BCUT2D eigenvalue weighted by atomic mass is 16.5. The Kier molecular flexibility index (Phi) is 6.89. The van der Waals surface area contributed by atoms with E-state index in [4.69, 9.17) is 9.47 Å². The molecule has 0 fully saturated rings. The lowest BCUT2D eigenvalue weighted by Gasteiger charge is -2.14. The van der Waals surface area contributed by atoms with Crippen LogP contribution < -0.4 is 20.1 Å². The van der Waals surface area contributed by atoms with Crippen molar-refractivity contribution in [3.63, 3.8) is 0 Å². The van der Waals surface area contributed by atoms with Crippen molar-refractivity contribution >= 4 is 17.3 Å². The van der Waals surface area contributed by atoms with E-state index >= 15 is 0 Å². The molecule has 0 aliphatic carbocycles. The summed E-state index contributed by atoms with van der Waals surface area (Å²) in [4.78, 5) is 12.3. The summed E-state index contributed by atoms with van der Waals surface area (Å²) in [7, 11) is 0. The standard InChI is InChI=1S/C20H24N2O3/c1-4-24-18-11-7-5-9-16(18)21-13-20(23)22-17-10-6-8-12-19(17)25-14-15(2)3/h5-12,21H,2,4,13-14H2,1,3H3,(H,22,23). The third-order valence-corrected chi connectivity index (χ3v) is 3.26. The summed E-state index contributed by atoms with van der Waals surface area (Å²) in [6.07, 6.45) is 0. The Morgan fingerprint density at radius 3 is 2.24 bits per heavy atom. The number of carbonyl (C=O) groups is 1. The summed E-state index contributed by atoms with van der Waals surface area (Å²) in [6.45, 7) is 8.73. The number of para-hydroxylation sites is 4. The number of rotatable bonds is 9. The molecule has 0 aliphatic rings. The first-order valence-electron chi connectivity index (χ1n) is 8.22. The molecule has 0 bridgehead atoms. The first-order chi connectivity index (χ1) is 12.1. The van der Waals surface area contributed by atoms with E-state index < -0.39 is 0 Å². The van der Waals surface area contributed by atoms with Crippen LogP contribution in [0, 0.1) is 0 Å². The van der Waals surface area contributed by atoms with Crippen LogP contribution in [0.25, 0.3) is 0 Å². The minimum absolute atomic E-state index is 0.124. The van der Waals surface area contributed by atoms with Crippen LogP contribution in [0.4, 0.5) is 11.4 Å². The van der Waals surface area contributed by atoms with Crippen LogP contribution in [0.15, 0.2) is 60.7 Å². The molecule has 0 aromatic heterocycles. The third-order valence-electron chi connectivity index (χ3n) is 3.26. The van der Waals surface area contributed by atoms with Gasteiger partial charge >= 0.3 is 0 Å². The van der Waals surface area contributed by atoms with Crippen LogP contribution in [0.1, 0.15) is 13.8 Å². The largest absolute Gasteiger partial charge is 0.492 e. The van der Waals surface area contributed by atoms with Crippen molar-refractivity contribution in [2.75, 3.05) is 30.4 Å². The van der Waals surface area contributed by atoms with Crippen LogP contribution in [-0.4, -0.2) is 25.7 Å². The molecule has 0 spiro atoms. The molecule has 0 aliphatic heterocycles. The molecule has 0 atom stereocenters. The lowest BCUT2D eigenvalue weighted by Crippen LogP contribution is -2.22. The van der Waals surface area contributed by atoms with Crippen molar-refractivity contribution in [1.29, 1.82) is 0 Å². The fraction of sp³-hybridized carbons (Fsp3) is 0.250. The molecular weight excluding hydrogens is 316 g/mol. The van der Waals surface area contributed by atoms with Crippen LogP contribution in [0.2, 0.25) is 0 Å². The van der Waals surface area contributed by atoms with Gasteiger partial charge in [-0.25, -0.2) is 0 Å². The van der Waals surface area contributed by atoms with Gasteiger partial charge in [0.1, 0.15) is 18.1 Å². The SMILES string of the molecule is C=C(C)COc1ccccc1NC(=O)CNc1ccccc1OCC. The Morgan fingerprint density at radius 1 is 1.00 bits per heavy atom. The van der Waals surface area contributed by atoms with Crippen molar-refractivity contribution < 1.29 is 14.3 Å². The molecule has 0 unspecified atom stereocenters. The summed E-state index contributed by atoms with van der Waals surface area (Å²) in [5.74, 6) is 1.18. The van der Waals surface area contributed by atoms with Gasteiger partial charge in [-0.05, 0) is 43.7 Å². The topological polar surface area (TPSA) is 59.6 Å². The highest BCUT2D eigenvalue weighted by Gasteiger charge is 2.09. The number of hydrogen-bond donors (Lipinski definition) is 2. The van der Waals surface area contributed by atoms with Crippen LogP contribution in [0.5, 0.6) is 11.5 Å². The monoisotopic (exact) mass is 340 g/mol. The Hall–Kier alpha value is -2.95. The van der Waals surface area contributed by atoms with Gasteiger partial charge in [0, 0.05) is 0 Å². The fourth-order valence-electron chi connectivity index (χ4n) is 2.16. The van der Waals surface area contributed by atoms with E-state index in [2.05, 4.69) is 17.2 Å². The Morgan fingerprint density at radius 2 is 1.60 bits per heavy atom. The normalized spacial score (nSPS) is 10.0. The zero-order valence-corrected chi connectivity index (χ0v) is 14.7. The maximum Gasteiger partial charge on any atom is 0.243 e. The first kappa shape index (κ1) is 18.4. The van der Waals surface area contributed by atoms with E-state index in [1.165, 1.54) is 0 Å². The second kappa shape index (κ2) is 9.37. The van der Waals surface area contributed by atoms with Crippen LogP contribution in [-0.2, 0) is 4.79 Å². The Labute approximate surface area is 148 Å². The number of benzene rings is 2. The van der Waals surface area contributed by atoms with Gasteiger partial charge in [0.25, 0.3) is 0 Å². The van der Waals surface area contributed by atoms with Gasteiger partial charge < -0.3 is 20.1 Å². The molecule has 0 radical (unpaired) electrons. The van der Waals surface area contributed by atoms with Crippen LogP contribution >= 0.6 is 0 Å². The second-order valence-electron chi connectivity index (χ2n) is 5.57. The lowest BCUT2D eigenvalue weighted by molar-refractivity contribution is -0.114. The first-order valence-corrected chi connectivity index (χ1v) is 8.22. The van der Waals surface area contributed by atoms with E-state index in [-0.39, 0.29) is 12.5 Å². The number of nitrogens with one attached hydrogen (secondary N) is 2. The average Bonchev–Trinajstić information content (AvgIpc) is 2.60. The van der Waals surface area contributed by atoms with Crippen molar-refractivity contribution in [3.8, 4) is 11.5 Å². The molecule has 25 heavy (non-hydrogen) atoms. The van der Waals surface area contributed by atoms with Gasteiger partial charge in [-0.2, -0.15) is 0 Å². The molecule has 0 saturated heterocycles. The summed E-state index contributed by atoms with van der Waals surface area (Å²) in [5, 5.41) is 5.95. The predicted molar refractivity (Wildman–Crippen MR) is 101 cm³/mol. The number of amides is 1. The average molecular weight is 340 g/mol. The summed E-state index contributed by atoms with van der Waals surface area (Å²) in [6, 6.07) is 14.9. The molecule has 5 heteroatoms. The maximum absolute atomic E-state index is 12.3. The number of hydrogen-bond acceptors (Lipinski definition) is 4. The van der Waals surface area contributed by atoms with Gasteiger partial charge in [0.05, 0.1) is 24.5 Å². The van der Waals surface area contributed by atoms with Gasteiger partial charge in [0.2, 0.25) is 5.91 Å². The Balaban J connectivity index is 1.96. The fourth-order valence-corrected chi connectivity index (χ4v) is 2.16. The van der Waals surface area contributed by atoms with Gasteiger partial charge in [-0.3, -0.25) is 4.79 Å². The number of carbonyl (C=O) groups excluding carboxylic acids is 1. The molecule has 2 aromatic rings. The predicted octanol–water partition coefficient (Wildman–Crippen LogP) is 4.09. The molecule has 2 rings (SSSR count). The molecule has 0 saturated carbocycles. The number of anilines is 2. The minimum atomic E-state index is -0.169. The highest BCUT2D eigenvalue weighted by Crippen LogP contribution is 2.25. The quantitative estimate of drug-likeness (QED) is 0.675. The number of ether oxygens (including phenoxy) is 2. The summed E-state index contributed by atoms with van der Waals surface area (Å²) >= 11 is 0. The zero-order chi connectivity index (χ0) is 18.1. The smallest absolute Gasteiger partial charge is 0.243 e. The van der Waals surface area contributed by atoms with Gasteiger partial charge in [-0.15, -0.1) is 0 Å². The van der Waals surface area contributed by atoms with Crippen molar-refractivity contribution in [2.24, 2.45) is 0 Å². The lowest BCUT2D eigenvalue weighted by atomic mass is 10.2. The van der Waals surface area contributed by atoms with Crippen molar-refractivity contribution in [1.82, 2.24) is 0 Å². The highest BCUT2D eigenvalue weighted by molar-refractivity contribution is 5.95. The molecular formula is C20H24N2O3. The van der Waals surface area contributed by atoms with Gasteiger partial charge in [0.15, 0.2) is 0 Å².